The van der Waals surface area contributed by atoms with Gasteiger partial charge in [-0.2, -0.15) is 0 Å². The normalized spacial score (nSPS) is 15.8. The summed E-state index contributed by atoms with van der Waals surface area (Å²) in [6.07, 6.45) is 1.20. The van der Waals surface area contributed by atoms with Crippen molar-refractivity contribution in [2.24, 2.45) is 5.92 Å². The molecule has 1 amide bonds. The number of esters is 1. The van der Waals surface area contributed by atoms with Crippen LogP contribution in [0.4, 0.5) is 0 Å². The first-order valence-corrected chi connectivity index (χ1v) is 7.77. The lowest BCUT2D eigenvalue weighted by atomic mass is 9.96. The summed E-state index contributed by atoms with van der Waals surface area (Å²) in [5, 5.41) is 0. The Morgan fingerprint density at radius 3 is 2.70 bits per heavy atom. The second-order valence-corrected chi connectivity index (χ2v) is 5.63. The number of H-pyrrole nitrogens is 2. The fraction of sp³-hybridized carbons (Fsp3) is 0.438. The smallest absolute Gasteiger partial charge is 0.323 e. The molecule has 0 atom stereocenters. The molecule has 1 aromatic carbocycles. The molecule has 1 aliphatic heterocycles. The van der Waals surface area contributed by atoms with E-state index >= 15 is 0 Å². The average Bonchev–Trinajstić information content (AvgIpc) is 2.94. The van der Waals surface area contributed by atoms with Gasteiger partial charge in [-0.3, -0.25) is 9.59 Å². The lowest BCUT2D eigenvalue weighted by molar-refractivity contribution is -0.149. The number of fused-ring (bicyclic) bond motifs is 1. The molecule has 0 unspecified atom stereocenters. The van der Waals surface area contributed by atoms with Crippen LogP contribution in [-0.2, 0) is 9.53 Å². The molecule has 1 aliphatic rings. The summed E-state index contributed by atoms with van der Waals surface area (Å²) in [5.74, 6) is -0.452. The predicted molar refractivity (Wildman–Crippen MR) is 84.2 cm³/mol. The maximum atomic E-state index is 12.7. The molecule has 7 heteroatoms. The zero-order chi connectivity index (χ0) is 16.4. The zero-order valence-corrected chi connectivity index (χ0v) is 12.9. The van der Waals surface area contributed by atoms with Crippen molar-refractivity contribution in [2.75, 3.05) is 19.7 Å². The number of aromatic amines is 2. The van der Waals surface area contributed by atoms with Gasteiger partial charge in [0, 0.05) is 13.1 Å². The topological polar surface area (TPSA) is 95.3 Å². The SMILES string of the molecule is CCOC(=O)C1CCN(C(=O)c2cccc3[nH]c(=O)[nH]c23)CC1. The largest absolute Gasteiger partial charge is 0.466 e. The average molecular weight is 317 g/mol. The number of para-hydroxylation sites is 1. The molecule has 2 N–H and O–H groups in total. The molecule has 0 spiro atoms. The molecule has 1 saturated heterocycles. The zero-order valence-electron chi connectivity index (χ0n) is 12.9. The van der Waals surface area contributed by atoms with Crippen molar-refractivity contribution in [3.8, 4) is 0 Å². The van der Waals surface area contributed by atoms with Crippen LogP contribution in [0, 0.1) is 5.92 Å². The lowest BCUT2D eigenvalue weighted by Crippen LogP contribution is -2.40. The Kier molecular flexibility index (Phi) is 4.18. The first kappa shape index (κ1) is 15.3. The second-order valence-electron chi connectivity index (χ2n) is 5.63. The Balaban J connectivity index is 1.74. The quantitative estimate of drug-likeness (QED) is 0.833. The van der Waals surface area contributed by atoms with Gasteiger partial charge in [-0.05, 0) is 31.9 Å². The van der Waals surface area contributed by atoms with Crippen molar-refractivity contribution in [1.82, 2.24) is 14.9 Å². The van der Waals surface area contributed by atoms with Gasteiger partial charge in [0.1, 0.15) is 0 Å². The third-order valence-corrected chi connectivity index (χ3v) is 4.18. The summed E-state index contributed by atoms with van der Waals surface area (Å²) >= 11 is 0. The van der Waals surface area contributed by atoms with E-state index in [1.807, 2.05) is 0 Å². The highest BCUT2D eigenvalue weighted by molar-refractivity contribution is 6.04. The van der Waals surface area contributed by atoms with E-state index in [2.05, 4.69) is 9.97 Å². The molecule has 122 valence electrons. The number of imidazole rings is 1. The van der Waals surface area contributed by atoms with Gasteiger partial charge >= 0.3 is 11.7 Å². The highest BCUT2D eigenvalue weighted by Crippen LogP contribution is 2.22. The molecule has 0 radical (unpaired) electrons. The first-order valence-electron chi connectivity index (χ1n) is 7.77. The van der Waals surface area contributed by atoms with E-state index in [0.717, 1.165) is 0 Å². The van der Waals surface area contributed by atoms with Crippen LogP contribution in [0.3, 0.4) is 0 Å². The Labute approximate surface area is 132 Å². The van der Waals surface area contributed by atoms with Gasteiger partial charge in [0.25, 0.3) is 5.91 Å². The first-order chi connectivity index (χ1) is 11.1. The van der Waals surface area contributed by atoms with E-state index in [1.165, 1.54) is 0 Å². The van der Waals surface area contributed by atoms with Crippen LogP contribution in [0.1, 0.15) is 30.1 Å². The number of hydrogen-bond acceptors (Lipinski definition) is 4. The lowest BCUT2D eigenvalue weighted by Gasteiger charge is -2.31. The Morgan fingerprint density at radius 2 is 2.00 bits per heavy atom. The van der Waals surface area contributed by atoms with E-state index in [1.54, 1.807) is 30.0 Å². The number of likely N-dealkylation sites (tertiary alicyclic amines) is 1. The van der Waals surface area contributed by atoms with E-state index < -0.39 is 0 Å². The molecule has 3 rings (SSSR count). The Morgan fingerprint density at radius 1 is 1.26 bits per heavy atom. The second kappa shape index (κ2) is 6.28. The van der Waals surface area contributed by atoms with Gasteiger partial charge in [0.05, 0.1) is 29.1 Å². The Hall–Kier alpha value is -2.57. The van der Waals surface area contributed by atoms with Crippen molar-refractivity contribution in [2.45, 2.75) is 19.8 Å². The minimum atomic E-state index is -0.332. The number of nitrogens with one attached hydrogen (secondary N) is 2. The number of rotatable bonds is 3. The molecule has 7 nitrogen and oxygen atoms in total. The number of amides is 1. The van der Waals surface area contributed by atoms with E-state index in [9.17, 15) is 14.4 Å². The minimum Gasteiger partial charge on any atom is -0.466 e. The van der Waals surface area contributed by atoms with Gasteiger partial charge in [0.15, 0.2) is 0 Å². The van der Waals surface area contributed by atoms with Crippen molar-refractivity contribution >= 4 is 22.9 Å². The molecule has 0 saturated carbocycles. The summed E-state index contributed by atoms with van der Waals surface area (Å²) in [6.45, 7) is 3.18. The molecule has 2 aromatic rings. The predicted octanol–water partition coefficient (Wildman–Crippen LogP) is 1.27. The molecule has 1 aromatic heterocycles. The van der Waals surface area contributed by atoms with Crippen LogP contribution < -0.4 is 5.69 Å². The summed E-state index contributed by atoms with van der Waals surface area (Å²) in [7, 11) is 0. The number of carbonyl (C=O) groups is 2. The maximum absolute atomic E-state index is 12.7. The number of ether oxygens (including phenoxy) is 1. The van der Waals surface area contributed by atoms with Crippen LogP contribution in [-0.4, -0.2) is 46.4 Å². The van der Waals surface area contributed by atoms with Crippen molar-refractivity contribution in [1.29, 1.82) is 0 Å². The van der Waals surface area contributed by atoms with Gasteiger partial charge in [0.2, 0.25) is 0 Å². The number of hydrogen-bond donors (Lipinski definition) is 2. The third kappa shape index (κ3) is 2.99. The van der Waals surface area contributed by atoms with E-state index in [4.69, 9.17) is 4.74 Å². The number of carbonyl (C=O) groups excluding carboxylic acids is 2. The maximum Gasteiger partial charge on any atom is 0.323 e. The van der Waals surface area contributed by atoms with Crippen LogP contribution in [0.25, 0.3) is 11.0 Å². The number of nitrogens with zero attached hydrogens (tertiary/aromatic N) is 1. The molecule has 0 bridgehead atoms. The van der Waals surface area contributed by atoms with Crippen LogP contribution >= 0.6 is 0 Å². The number of benzene rings is 1. The fourth-order valence-corrected chi connectivity index (χ4v) is 2.99. The highest BCUT2D eigenvalue weighted by atomic mass is 16.5. The van der Waals surface area contributed by atoms with Crippen LogP contribution in [0.5, 0.6) is 0 Å². The molecular weight excluding hydrogens is 298 g/mol. The molecule has 0 aliphatic carbocycles. The summed E-state index contributed by atoms with van der Waals surface area (Å²) in [4.78, 5) is 42.9. The van der Waals surface area contributed by atoms with Crippen molar-refractivity contribution in [3.63, 3.8) is 0 Å². The van der Waals surface area contributed by atoms with Crippen molar-refractivity contribution < 1.29 is 14.3 Å². The number of aromatic nitrogens is 2. The molecule has 2 heterocycles. The molecule has 1 fully saturated rings. The summed E-state index contributed by atoms with van der Waals surface area (Å²) in [6, 6.07) is 5.19. The van der Waals surface area contributed by atoms with Crippen molar-refractivity contribution in [3.05, 3.63) is 34.2 Å². The van der Waals surface area contributed by atoms with Gasteiger partial charge < -0.3 is 19.6 Å². The standard InChI is InChI=1S/C16H19N3O4/c1-2-23-15(21)10-6-8-19(9-7-10)14(20)11-4-3-5-12-13(11)18-16(22)17-12/h3-5,10H,2,6-9H2,1H3,(H2,17,18,22). The monoisotopic (exact) mass is 317 g/mol. The highest BCUT2D eigenvalue weighted by Gasteiger charge is 2.29. The van der Waals surface area contributed by atoms with Gasteiger partial charge in [-0.15, -0.1) is 0 Å². The fourth-order valence-electron chi connectivity index (χ4n) is 2.99. The molecule has 23 heavy (non-hydrogen) atoms. The van der Waals surface area contributed by atoms with E-state index in [-0.39, 0.29) is 23.5 Å². The van der Waals surface area contributed by atoms with Gasteiger partial charge in [-0.25, -0.2) is 4.79 Å². The molecular formula is C16H19N3O4. The summed E-state index contributed by atoms with van der Waals surface area (Å²) in [5.41, 5.74) is 1.27. The summed E-state index contributed by atoms with van der Waals surface area (Å²) < 4.78 is 5.04. The number of piperidine rings is 1. The Bertz CT molecular complexity index is 784. The van der Waals surface area contributed by atoms with Gasteiger partial charge in [-0.1, -0.05) is 6.07 Å². The van der Waals surface area contributed by atoms with E-state index in [0.29, 0.717) is 49.1 Å². The third-order valence-electron chi connectivity index (χ3n) is 4.18. The van der Waals surface area contributed by atoms with Crippen LogP contribution in [0.2, 0.25) is 0 Å². The van der Waals surface area contributed by atoms with Crippen LogP contribution in [0.15, 0.2) is 23.0 Å². The minimum absolute atomic E-state index is 0.131.